The number of methoxy groups -OCH3 is 1. The minimum Gasteiger partial charge on any atom is -0.491 e. The molecule has 5 atom stereocenters. The maximum Gasteiger partial charge on any atom is 0.297 e. The number of fused-ring (bicyclic) bond motifs is 3. The highest BCUT2D eigenvalue weighted by Gasteiger charge is 2.67. The summed E-state index contributed by atoms with van der Waals surface area (Å²) in [7, 11) is -2.08. The molecule has 0 unspecified atom stereocenters. The lowest BCUT2D eigenvalue weighted by Gasteiger charge is -2.37. The number of amides is 2. The first-order chi connectivity index (χ1) is 24.4. The topological polar surface area (TPSA) is 101 Å². The summed E-state index contributed by atoms with van der Waals surface area (Å²) in [5, 5.41) is 10.3. The second-order valence-corrected chi connectivity index (χ2v) is 19.0. The minimum atomic E-state index is -3.53. The number of ether oxygens (including phenoxy) is 2. The molecular weight excluding hydrogens is 733 g/mol. The van der Waals surface area contributed by atoms with Crippen molar-refractivity contribution in [3.05, 3.63) is 122 Å². The summed E-state index contributed by atoms with van der Waals surface area (Å²) < 4.78 is 30.8. The van der Waals surface area contributed by atoms with E-state index < -0.39 is 37.6 Å². The second kappa shape index (κ2) is 13.5. The molecule has 3 aliphatic heterocycles. The van der Waals surface area contributed by atoms with Crippen LogP contribution < -0.4 is 15.2 Å². The van der Waals surface area contributed by atoms with Crippen molar-refractivity contribution in [1.29, 1.82) is 0 Å². The van der Waals surface area contributed by atoms with Crippen LogP contribution in [0.4, 0.5) is 9.80 Å². The normalized spacial score (nSPS) is 24.2. The van der Waals surface area contributed by atoms with E-state index in [9.17, 15) is 19.5 Å². The van der Waals surface area contributed by atoms with E-state index in [0.717, 1.165) is 21.2 Å². The number of halogens is 2. The van der Waals surface area contributed by atoms with Gasteiger partial charge in [-0.15, -0.1) is 0 Å². The Hall–Kier alpha value is -4.10. The summed E-state index contributed by atoms with van der Waals surface area (Å²) in [6.07, 6.45) is 1.23. The van der Waals surface area contributed by atoms with Crippen LogP contribution in [0, 0.1) is 5.92 Å². The molecule has 4 aromatic rings. The molecule has 1 aromatic heterocycles. The predicted molar refractivity (Wildman–Crippen MR) is 198 cm³/mol. The summed E-state index contributed by atoms with van der Waals surface area (Å²) in [5.74, 6) is -0.914. The van der Waals surface area contributed by atoms with Gasteiger partial charge in [-0.05, 0) is 78.7 Å². The van der Waals surface area contributed by atoms with Gasteiger partial charge in [0.05, 0.1) is 44.5 Å². The third kappa shape index (κ3) is 6.05. The van der Waals surface area contributed by atoms with Crippen LogP contribution >= 0.6 is 15.9 Å². The van der Waals surface area contributed by atoms with E-state index >= 15 is 4.11 Å². The molecule has 0 radical (unpaired) electrons. The van der Waals surface area contributed by atoms with Gasteiger partial charge in [0.2, 0.25) is 14.3 Å². The van der Waals surface area contributed by atoms with Gasteiger partial charge in [-0.2, -0.15) is 0 Å². The van der Waals surface area contributed by atoms with Crippen molar-refractivity contribution >= 4 is 41.8 Å². The van der Waals surface area contributed by atoms with Gasteiger partial charge in [0.1, 0.15) is 0 Å². The van der Waals surface area contributed by atoms with Gasteiger partial charge in [-0.25, -0.2) is 0 Å². The Morgan fingerprint density at radius 1 is 1.06 bits per heavy atom. The zero-order valence-electron chi connectivity index (χ0n) is 29.0. The lowest BCUT2D eigenvalue weighted by molar-refractivity contribution is -0.151. The first-order valence-corrected chi connectivity index (χ1v) is 20.9. The van der Waals surface area contributed by atoms with Gasteiger partial charge in [-0.3, -0.25) is 19.0 Å². The number of anilines is 1. The van der Waals surface area contributed by atoms with Crippen molar-refractivity contribution in [3.63, 3.8) is 0 Å². The van der Waals surface area contributed by atoms with Crippen LogP contribution in [0.1, 0.15) is 35.6 Å². The number of nitrogens with zero attached hydrogens (tertiary/aromatic N) is 3. The Morgan fingerprint density at radius 2 is 1.82 bits per heavy atom. The fourth-order valence-corrected chi connectivity index (χ4v) is 11.4. The molecule has 266 valence electrons. The van der Waals surface area contributed by atoms with Crippen LogP contribution in [0.3, 0.4) is 0 Å². The molecule has 0 bridgehead atoms. The number of hydrogen-bond donors (Lipinski definition) is 1. The fourth-order valence-electron chi connectivity index (χ4n) is 8.53. The molecule has 1 N–H and O–H groups in total. The highest BCUT2D eigenvalue weighted by atomic mass is 79.9. The molecular formula is C39H41BrFN3O6Si. The van der Waals surface area contributed by atoms with Crippen LogP contribution in [-0.2, 0) is 39.4 Å². The molecule has 0 aliphatic carbocycles. The zero-order chi connectivity index (χ0) is 36.2. The highest BCUT2D eigenvalue weighted by molar-refractivity contribution is 9.10. The molecule has 3 aliphatic rings. The summed E-state index contributed by atoms with van der Waals surface area (Å²) in [4.78, 5) is 45.4. The van der Waals surface area contributed by atoms with Crippen molar-refractivity contribution in [2.75, 3.05) is 18.6 Å². The molecule has 51 heavy (non-hydrogen) atoms. The van der Waals surface area contributed by atoms with E-state index in [1.807, 2.05) is 73.7 Å². The summed E-state index contributed by atoms with van der Waals surface area (Å²) >= 11 is 3.59. The Balaban J connectivity index is 1.23. The smallest absolute Gasteiger partial charge is 0.297 e. The van der Waals surface area contributed by atoms with E-state index in [4.69, 9.17) is 9.47 Å². The van der Waals surface area contributed by atoms with Crippen molar-refractivity contribution in [1.82, 2.24) is 9.47 Å². The molecule has 7 rings (SSSR count). The van der Waals surface area contributed by atoms with Gasteiger partial charge in [-0.1, -0.05) is 59.3 Å². The van der Waals surface area contributed by atoms with E-state index in [1.165, 1.54) is 11.7 Å². The Bertz CT molecular complexity index is 2070. The Labute approximate surface area is 305 Å². The maximum atomic E-state index is 16.5. The maximum absolute atomic E-state index is 16.5. The molecule has 9 nitrogen and oxygen atoms in total. The molecule has 0 saturated carbocycles. The van der Waals surface area contributed by atoms with Crippen molar-refractivity contribution in [2.45, 2.75) is 69.2 Å². The van der Waals surface area contributed by atoms with E-state index in [-0.39, 0.29) is 42.7 Å². The number of hydrogen-bond acceptors (Lipinski definition) is 6. The number of rotatable bonds is 8. The van der Waals surface area contributed by atoms with Gasteiger partial charge in [0, 0.05) is 39.9 Å². The lowest BCUT2D eigenvalue weighted by atomic mass is 9.82. The summed E-state index contributed by atoms with van der Waals surface area (Å²) in [6.45, 7) is 5.44. The monoisotopic (exact) mass is 773 g/mol. The largest absolute Gasteiger partial charge is 0.491 e. The highest BCUT2D eigenvalue weighted by Crippen LogP contribution is 2.60. The number of benzene rings is 3. The van der Waals surface area contributed by atoms with Gasteiger partial charge < -0.3 is 28.5 Å². The number of aliphatic hydroxyl groups is 1. The van der Waals surface area contributed by atoms with Gasteiger partial charge >= 0.3 is 0 Å². The van der Waals surface area contributed by atoms with E-state index in [2.05, 4.69) is 15.9 Å². The average molecular weight is 775 g/mol. The van der Waals surface area contributed by atoms with Crippen molar-refractivity contribution in [2.24, 2.45) is 5.92 Å². The summed E-state index contributed by atoms with van der Waals surface area (Å²) in [6, 6.07) is 23.8. The molecule has 1 saturated heterocycles. The first-order valence-electron chi connectivity index (χ1n) is 17.2. The quantitative estimate of drug-likeness (QED) is 0.168. The predicted octanol–water partition coefficient (Wildman–Crippen LogP) is 6.27. The number of pyridine rings is 1. The van der Waals surface area contributed by atoms with Crippen LogP contribution in [0.2, 0.25) is 18.6 Å². The Morgan fingerprint density at radius 3 is 2.55 bits per heavy atom. The number of carbonyl (C=O) groups excluding carboxylic acids is 2. The molecule has 4 heterocycles. The second-order valence-electron chi connectivity index (χ2n) is 14.3. The van der Waals surface area contributed by atoms with Crippen LogP contribution in [0.5, 0.6) is 5.75 Å². The van der Waals surface area contributed by atoms with Crippen LogP contribution in [0.15, 0.2) is 94.3 Å². The molecule has 12 heteroatoms. The summed E-state index contributed by atoms with van der Waals surface area (Å²) in [5.41, 5.74) is 2.30. The van der Waals surface area contributed by atoms with E-state index in [1.54, 1.807) is 41.2 Å². The molecule has 1 fully saturated rings. The molecule has 3 aromatic carbocycles. The van der Waals surface area contributed by atoms with Crippen molar-refractivity contribution < 1.29 is 28.3 Å². The SMILES string of the molecule is COc1cccn(-c2cccc(CN3C(=O)[C@]4(O[C@H](CC(=O)N5Cc6ccccc6C[C@H]5CO)[C@@H]([Si](C)(C)F)[C@@H]4C)c4cc(Br)ccc43)c2)c1=O. The Kier molecular flexibility index (Phi) is 9.32. The fraction of sp³-hybridized carbons (Fsp3) is 0.359. The number of aliphatic hydroxyl groups excluding tert-OH is 1. The van der Waals surface area contributed by atoms with Crippen molar-refractivity contribution in [3.8, 4) is 11.4 Å². The van der Waals surface area contributed by atoms with Crippen LogP contribution in [-0.4, -0.2) is 60.7 Å². The molecule has 1 spiro atoms. The van der Waals surface area contributed by atoms with Gasteiger partial charge in [0.25, 0.3) is 11.5 Å². The minimum absolute atomic E-state index is 0.107. The first kappa shape index (κ1) is 35.3. The van der Waals surface area contributed by atoms with E-state index in [0.29, 0.717) is 29.9 Å². The lowest BCUT2D eigenvalue weighted by Crippen LogP contribution is -2.48. The van der Waals surface area contributed by atoms with Gasteiger partial charge in [0.15, 0.2) is 11.4 Å². The third-order valence-corrected chi connectivity index (χ3v) is 13.8. The number of aromatic nitrogens is 1. The molecule has 2 amide bonds. The van der Waals surface area contributed by atoms with Crippen LogP contribution in [0.25, 0.3) is 5.69 Å². The standard InChI is InChI=1S/C39H41BrFN3O6Si/c1-24-36(51(3,4)41)34(20-35(46)43-22-27-11-6-5-10-26(27)18-30(43)23-45)50-39(24)31-19-28(40)14-15-32(31)44(38(39)48)21-25-9-7-12-29(17-25)42-16-8-13-33(49-2)37(42)47/h5-17,19,24,30,34,36,45H,18,20-23H2,1-4H3/t24-,30-,34+,36-,39+/m0/s1. The zero-order valence-corrected chi connectivity index (χ0v) is 31.6. The average Bonchev–Trinajstić information content (AvgIpc) is 3.53. The third-order valence-electron chi connectivity index (χ3n) is 10.8. The number of carbonyl (C=O) groups is 2.